The Morgan fingerprint density at radius 1 is 1.14 bits per heavy atom. The third-order valence-corrected chi connectivity index (χ3v) is 7.40. The Morgan fingerprint density at radius 2 is 2.05 bits per heavy atom. The van der Waals surface area contributed by atoms with Crippen LogP contribution in [-0.2, 0) is 11.8 Å². The molecule has 118 valence electrons. The maximum atomic E-state index is 10.0. The highest BCUT2D eigenvalue weighted by molar-refractivity contribution is 5.45. The Kier molecular flexibility index (Phi) is 2.89. The van der Waals surface area contributed by atoms with Crippen molar-refractivity contribution in [1.29, 1.82) is 0 Å². The number of nitrogens with zero attached hydrogens (tertiary/aromatic N) is 1. The zero-order chi connectivity index (χ0) is 14.7. The average Bonchev–Trinajstić information content (AvgIpc) is 2.92. The van der Waals surface area contributed by atoms with Crippen molar-refractivity contribution in [2.45, 2.75) is 62.8 Å². The third-order valence-electron chi connectivity index (χ3n) is 7.40. The van der Waals surface area contributed by atoms with Gasteiger partial charge in [0.05, 0.1) is 0 Å². The molecule has 0 amide bonds. The number of rotatable bonds is 2. The number of likely N-dealkylation sites (tertiary alicyclic amines) is 1. The van der Waals surface area contributed by atoms with Crippen LogP contribution in [0, 0.1) is 11.8 Å². The van der Waals surface area contributed by atoms with Gasteiger partial charge in [0.25, 0.3) is 0 Å². The third kappa shape index (κ3) is 1.76. The van der Waals surface area contributed by atoms with Crippen molar-refractivity contribution < 1.29 is 5.11 Å². The fourth-order valence-electron chi connectivity index (χ4n) is 6.14. The maximum absolute atomic E-state index is 10.0. The van der Waals surface area contributed by atoms with Crippen LogP contribution >= 0.6 is 0 Å². The van der Waals surface area contributed by atoms with Gasteiger partial charge in [-0.15, -0.1) is 0 Å². The molecule has 1 aliphatic heterocycles. The fraction of sp³-hybridized carbons (Fsp3) is 0.700. The minimum Gasteiger partial charge on any atom is -0.508 e. The normalized spacial score (nSPS) is 37.5. The predicted octanol–water partition coefficient (Wildman–Crippen LogP) is 3.86. The van der Waals surface area contributed by atoms with E-state index in [1.165, 1.54) is 75.6 Å². The first-order valence-electron chi connectivity index (χ1n) is 9.33. The van der Waals surface area contributed by atoms with Crippen LogP contribution in [0.5, 0.6) is 5.75 Å². The number of fused-ring (bicyclic) bond motifs is 1. The lowest BCUT2D eigenvalue weighted by Crippen LogP contribution is -2.58. The molecule has 3 fully saturated rings. The highest BCUT2D eigenvalue weighted by atomic mass is 16.3. The number of phenols is 1. The van der Waals surface area contributed by atoms with Gasteiger partial charge in [-0.25, -0.2) is 0 Å². The summed E-state index contributed by atoms with van der Waals surface area (Å²) in [5, 5.41) is 10.0. The molecule has 1 saturated heterocycles. The molecule has 2 saturated carbocycles. The summed E-state index contributed by atoms with van der Waals surface area (Å²) >= 11 is 0. The molecule has 1 aromatic carbocycles. The van der Waals surface area contributed by atoms with Crippen LogP contribution in [0.15, 0.2) is 18.2 Å². The first-order valence-corrected chi connectivity index (χ1v) is 9.33. The molecule has 5 rings (SSSR count). The first kappa shape index (κ1) is 13.4. The lowest BCUT2D eigenvalue weighted by atomic mass is 9.58. The van der Waals surface area contributed by atoms with E-state index in [-0.39, 0.29) is 0 Å². The topological polar surface area (TPSA) is 23.5 Å². The van der Waals surface area contributed by atoms with Crippen molar-refractivity contribution in [2.75, 3.05) is 13.1 Å². The minimum atomic E-state index is 0.396. The summed E-state index contributed by atoms with van der Waals surface area (Å²) in [6, 6.07) is 6.98. The Balaban J connectivity index is 1.53. The molecule has 1 N–H and O–H groups in total. The van der Waals surface area contributed by atoms with E-state index in [4.69, 9.17) is 0 Å². The molecule has 3 aliphatic carbocycles. The Labute approximate surface area is 133 Å². The number of phenolic OH excluding ortho intramolecular Hbond substituents is 1. The van der Waals surface area contributed by atoms with Gasteiger partial charge in [0.2, 0.25) is 0 Å². The van der Waals surface area contributed by atoms with Crippen LogP contribution in [0.25, 0.3) is 0 Å². The van der Waals surface area contributed by atoms with Gasteiger partial charge >= 0.3 is 0 Å². The SMILES string of the molecule is Oc1ccc2c(c1)[C@@]13CCC[C@H]1[C@@H](C2)N(CC1CCC1)CC3. The number of piperidine rings is 1. The smallest absolute Gasteiger partial charge is 0.115 e. The number of benzene rings is 1. The largest absolute Gasteiger partial charge is 0.508 e. The van der Waals surface area contributed by atoms with Crippen LogP contribution in [0.1, 0.15) is 56.1 Å². The Hall–Kier alpha value is -1.02. The van der Waals surface area contributed by atoms with E-state index >= 15 is 0 Å². The summed E-state index contributed by atoms with van der Waals surface area (Å²) < 4.78 is 0. The average molecular weight is 297 g/mol. The van der Waals surface area contributed by atoms with E-state index in [1.54, 1.807) is 0 Å². The van der Waals surface area contributed by atoms with Crippen molar-refractivity contribution in [3.63, 3.8) is 0 Å². The molecule has 0 unspecified atom stereocenters. The quantitative estimate of drug-likeness (QED) is 0.896. The van der Waals surface area contributed by atoms with Gasteiger partial charge in [0.15, 0.2) is 0 Å². The van der Waals surface area contributed by atoms with Gasteiger partial charge in [-0.1, -0.05) is 18.9 Å². The molecule has 0 aromatic heterocycles. The molecule has 2 bridgehead atoms. The van der Waals surface area contributed by atoms with Crippen molar-refractivity contribution in [2.24, 2.45) is 11.8 Å². The molecule has 0 radical (unpaired) electrons. The summed E-state index contributed by atoms with van der Waals surface area (Å²) in [4.78, 5) is 2.86. The molecule has 0 spiro atoms. The predicted molar refractivity (Wildman–Crippen MR) is 88.1 cm³/mol. The Morgan fingerprint density at radius 3 is 2.86 bits per heavy atom. The van der Waals surface area contributed by atoms with Crippen LogP contribution in [-0.4, -0.2) is 29.1 Å². The van der Waals surface area contributed by atoms with Gasteiger partial charge in [-0.2, -0.15) is 0 Å². The second kappa shape index (κ2) is 4.74. The van der Waals surface area contributed by atoms with Crippen molar-refractivity contribution >= 4 is 0 Å². The first-order chi connectivity index (χ1) is 10.8. The van der Waals surface area contributed by atoms with E-state index in [2.05, 4.69) is 17.0 Å². The summed E-state index contributed by atoms with van der Waals surface area (Å²) in [5.41, 5.74) is 3.43. The van der Waals surface area contributed by atoms with Gasteiger partial charge in [0, 0.05) is 18.0 Å². The van der Waals surface area contributed by atoms with Crippen LogP contribution in [0.2, 0.25) is 0 Å². The minimum absolute atomic E-state index is 0.396. The summed E-state index contributed by atoms with van der Waals surface area (Å²) in [5.74, 6) is 2.29. The van der Waals surface area contributed by atoms with Crippen LogP contribution in [0.3, 0.4) is 0 Å². The second-order valence-electron chi connectivity index (χ2n) is 8.31. The van der Waals surface area contributed by atoms with E-state index in [9.17, 15) is 5.11 Å². The van der Waals surface area contributed by atoms with Gasteiger partial charge in [-0.3, -0.25) is 4.90 Å². The fourth-order valence-corrected chi connectivity index (χ4v) is 6.14. The van der Waals surface area contributed by atoms with Crippen LogP contribution in [0.4, 0.5) is 0 Å². The van der Waals surface area contributed by atoms with Crippen molar-refractivity contribution in [3.8, 4) is 5.75 Å². The molecule has 2 nitrogen and oxygen atoms in total. The summed E-state index contributed by atoms with van der Waals surface area (Å²) in [6.45, 7) is 2.64. The number of aromatic hydroxyl groups is 1. The summed E-state index contributed by atoms with van der Waals surface area (Å²) in [7, 11) is 0. The zero-order valence-corrected chi connectivity index (χ0v) is 13.4. The van der Waals surface area contributed by atoms with Crippen molar-refractivity contribution in [1.82, 2.24) is 4.90 Å². The zero-order valence-electron chi connectivity index (χ0n) is 13.4. The Bertz CT molecular complexity index is 593. The van der Waals surface area contributed by atoms with E-state index in [0.717, 1.165) is 17.9 Å². The van der Waals surface area contributed by atoms with Gasteiger partial charge in [0.1, 0.15) is 5.75 Å². The monoisotopic (exact) mass is 297 g/mol. The molecular formula is C20H27NO. The molecular weight excluding hydrogens is 270 g/mol. The van der Waals surface area contributed by atoms with E-state index in [0.29, 0.717) is 11.2 Å². The number of hydrogen-bond acceptors (Lipinski definition) is 2. The van der Waals surface area contributed by atoms with Crippen molar-refractivity contribution in [3.05, 3.63) is 29.3 Å². The molecule has 3 atom stereocenters. The lowest BCUT2D eigenvalue weighted by Gasteiger charge is -2.55. The number of hydrogen-bond donors (Lipinski definition) is 1. The van der Waals surface area contributed by atoms with E-state index < -0.39 is 0 Å². The van der Waals surface area contributed by atoms with Gasteiger partial charge < -0.3 is 5.11 Å². The highest BCUT2D eigenvalue weighted by Crippen LogP contribution is 2.57. The van der Waals surface area contributed by atoms with E-state index in [1.807, 2.05) is 6.07 Å². The molecule has 4 aliphatic rings. The molecule has 22 heavy (non-hydrogen) atoms. The molecule has 1 aromatic rings. The lowest BCUT2D eigenvalue weighted by molar-refractivity contribution is 0.0122. The second-order valence-corrected chi connectivity index (χ2v) is 8.31. The van der Waals surface area contributed by atoms with Gasteiger partial charge in [-0.05, 0) is 80.2 Å². The molecule has 1 heterocycles. The standard InChI is InChI=1S/C20H27NO/c22-16-7-6-15-11-19-17-5-2-8-20(17,18(15)12-16)9-10-21(19)13-14-3-1-4-14/h6-7,12,14,17,19,22H,1-5,8-11,13H2/t17-,19+,20+/m0/s1. The summed E-state index contributed by atoms with van der Waals surface area (Å²) in [6.07, 6.45) is 11.0. The highest BCUT2D eigenvalue weighted by Gasteiger charge is 2.55. The van der Waals surface area contributed by atoms with Crippen LogP contribution < -0.4 is 0 Å². The molecule has 2 heteroatoms. The maximum Gasteiger partial charge on any atom is 0.115 e.